The van der Waals surface area contributed by atoms with E-state index in [4.69, 9.17) is 16.3 Å². The van der Waals surface area contributed by atoms with Gasteiger partial charge in [0.05, 0.1) is 30.6 Å². The maximum absolute atomic E-state index is 6.04. The zero-order chi connectivity index (χ0) is 16.2. The minimum atomic E-state index is 0.0597. The van der Waals surface area contributed by atoms with E-state index in [2.05, 4.69) is 41.4 Å². The van der Waals surface area contributed by atoms with Crippen molar-refractivity contribution in [2.75, 3.05) is 32.1 Å². The molecule has 0 amide bonds. The van der Waals surface area contributed by atoms with Gasteiger partial charge in [0, 0.05) is 30.9 Å². The number of likely N-dealkylation sites (N-methyl/N-ethyl adjacent to an activating group) is 1. The number of nitrogens with zero attached hydrogens (tertiary/aromatic N) is 3. The van der Waals surface area contributed by atoms with Gasteiger partial charge in [0.2, 0.25) is 0 Å². The van der Waals surface area contributed by atoms with Gasteiger partial charge in [0.15, 0.2) is 0 Å². The molecule has 1 N–H and O–H groups in total. The predicted octanol–water partition coefficient (Wildman–Crippen LogP) is 3.04. The van der Waals surface area contributed by atoms with E-state index in [1.807, 2.05) is 29.2 Å². The van der Waals surface area contributed by atoms with Crippen LogP contribution < -0.4 is 5.32 Å². The fraction of sp³-hybridized carbons (Fsp3) is 0.471. The van der Waals surface area contributed by atoms with Gasteiger partial charge < -0.3 is 15.0 Å². The van der Waals surface area contributed by atoms with Gasteiger partial charge in [-0.2, -0.15) is 5.10 Å². The van der Waals surface area contributed by atoms with Crippen molar-refractivity contribution < 1.29 is 4.74 Å². The molecular weight excluding hydrogens is 312 g/mol. The summed E-state index contributed by atoms with van der Waals surface area (Å²) in [6.07, 6.45) is 3.97. The zero-order valence-electron chi connectivity index (χ0n) is 13.6. The number of aromatic nitrogens is 2. The van der Waals surface area contributed by atoms with Gasteiger partial charge in [0.25, 0.3) is 0 Å². The normalized spacial score (nSPS) is 20.4. The summed E-state index contributed by atoms with van der Waals surface area (Å²) >= 11 is 6.03. The smallest absolute Gasteiger partial charge is 0.0945 e. The second-order valence-corrected chi connectivity index (χ2v) is 6.37. The first kappa shape index (κ1) is 16.3. The van der Waals surface area contributed by atoms with Crippen LogP contribution in [-0.2, 0) is 11.3 Å². The largest absolute Gasteiger partial charge is 0.373 e. The molecule has 23 heavy (non-hydrogen) atoms. The molecule has 124 valence electrons. The van der Waals surface area contributed by atoms with Crippen molar-refractivity contribution in [3.63, 3.8) is 0 Å². The Hall–Kier alpha value is -1.56. The maximum atomic E-state index is 6.04. The van der Waals surface area contributed by atoms with E-state index in [9.17, 15) is 0 Å². The molecule has 1 saturated heterocycles. The third-order valence-corrected chi connectivity index (χ3v) is 4.43. The van der Waals surface area contributed by atoms with Crippen LogP contribution in [0.5, 0.6) is 0 Å². The Morgan fingerprint density at radius 2 is 2.17 bits per heavy atom. The van der Waals surface area contributed by atoms with Gasteiger partial charge in [-0.3, -0.25) is 4.68 Å². The Balaban J connectivity index is 1.84. The number of ether oxygens (including phenoxy) is 1. The number of benzene rings is 1. The lowest BCUT2D eigenvalue weighted by Crippen LogP contribution is -2.44. The molecule has 1 aromatic heterocycles. The molecule has 2 atom stereocenters. The SMILES string of the molecule is CCn1cc(N[C@H](c2ccc(Cl)cc2)[C@H]2CN(C)CCO2)cn1. The van der Waals surface area contributed by atoms with Crippen LogP contribution in [0.4, 0.5) is 5.69 Å². The average Bonchev–Trinajstić information content (AvgIpc) is 3.01. The molecule has 0 unspecified atom stereocenters. The number of halogens is 1. The van der Waals surface area contributed by atoms with Crippen LogP contribution in [0, 0.1) is 0 Å². The summed E-state index contributed by atoms with van der Waals surface area (Å²) < 4.78 is 7.95. The topological polar surface area (TPSA) is 42.3 Å². The number of aryl methyl sites for hydroxylation is 1. The highest BCUT2D eigenvalue weighted by Crippen LogP contribution is 2.27. The Bertz CT molecular complexity index is 628. The molecule has 2 aromatic rings. The summed E-state index contributed by atoms with van der Waals surface area (Å²) in [5.41, 5.74) is 2.17. The number of hydrogen-bond acceptors (Lipinski definition) is 4. The number of hydrogen-bond donors (Lipinski definition) is 1. The van der Waals surface area contributed by atoms with E-state index < -0.39 is 0 Å². The first-order valence-corrected chi connectivity index (χ1v) is 8.38. The molecule has 0 aliphatic carbocycles. The summed E-state index contributed by atoms with van der Waals surface area (Å²) in [6.45, 7) is 5.55. The number of morpholine rings is 1. The summed E-state index contributed by atoms with van der Waals surface area (Å²) in [5.74, 6) is 0. The van der Waals surface area contributed by atoms with Gasteiger partial charge in [-0.1, -0.05) is 23.7 Å². The summed E-state index contributed by atoms with van der Waals surface area (Å²) in [7, 11) is 2.13. The van der Waals surface area contributed by atoms with Crippen LogP contribution in [0.15, 0.2) is 36.7 Å². The van der Waals surface area contributed by atoms with Crippen molar-refractivity contribution in [3.8, 4) is 0 Å². The first-order valence-electron chi connectivity index (χ1n) is 8.00. The van der Waals surface area contributed by atoms with Gasteiger partial charge in [0.1, 0.15) is 0 Å². The fourth-order valence-corrected chi connectivity index (χ4v) is 2.99. The van der Waals surface area contributed by atoms with Crippen LogP contribution in [0.3, 0.4) is 0 Å². The Kier molecular flexibility index (Phi) is 5.20. The summed E-state index contributed by atoms with van der Waals surface area (Å²) in [6, 6.07) is 8.02. The molecule has 0 saturated carbocycles. The zero-order valence-corrected chi connectivity index (χ0v) is 14.3. The summed E-state index contributed by atoms with van der Waals surface area (Å²) in [5, 5.41) is 8.66. The molecule has 1 aromatic carbocycles. The Morgan fingerprint density at radius 1 is 1.39 bits per heavy atom. The number of rotatable bonds is 5. The minimum absolute atomic E-state index is 0.0597. The monoisotopic (exact) mass is 334 g/mol. The van der Waals surface area contributed by atoms with E-state index in [-0.39, 0.29) is 12.1 Å². The highest BCUT2D eigenvalue weighted by atomic mass is 35.5. The van der Waals surface area contributed by atoms with Crippen molar-refractivity contribution in [2.24, 2.45) is 0 Å². The van der Waals surface area contributed by atoms with Gasteiger partial charge in [-0.05, 0) is 31.7 Å². The van der Waals surface area contributed by atoms with E-state index in [1.54, 1.807) is 0 Å². The molecule has 6 heteroatoms. The first-order chi connectivity index (χ1) is 11.2. The lowest BCUT2D eigenvalue weighted by atomic mass is 10.00. The third-order valence-electron chi connectivity index (χ3n) is 4.18. The third kappa shape index (κ3) is 4.05. The van der Waals surface area contributed by atoms with Crippen LogP contribution in [0.2, 0.25) is 5.02 Å². The molecule has 5 nitrogen and oxygen atoms in total. The molecule has 2 heterocycles. The van der Waals surface area contributed by atoms with E-state index in [0.29, 0.717) is 0 Å². The molecule has 3 rings (SSSR count). The van der Waals surface area contributed by atoms with Crippen molar-refractivity contribution in [2.45, 2.75) is 25.6 Å². The highest BCUT2D eigenvalue weighted by molar-refractivity contribution is 6.30. The molecular formula is C17H23ClN4O. The maximum Gasteiger partial charge on any atom is 0.0945 e. The molecule has 1 aliphatic heterocycles. The second-order valence-electron chi connectivity index (χ2n) is 5.93. The molecule has 0 radical (unpaired) electrons. The van der Waals surface area contributed by atoms with Crippen LogP contribution in [0.1, 0.15) is 18.5 Å². The van der Waals surface area contributed by atoms with Crippen LogP contribution in [0.25, 0.3) is 0 Å². The number of nitrogens with one attached hydrogen (secondary N) is 1. The molecule has 1 fully saturated rings. The second kappa shape index (κ2) is 7.34. The Morgan fingerprint density at radius 3 is 2.83 bits per heavy atom. The van der Waals surface area contributed by atoms with Crippen molar-refractivity contribution in [1.82, 2.24) is 14.7 Å². The van der Waals surface area contributed by atoms with Crippen molar-refractivity contribution in [1.29, 1.82) is 0 Å². The molecule has 1 aliphatic rings. The van der Waals surface area contributed by atoms with Crippen molar-refractivity contribution in [3.05, 3.63) is 47.2 Å². The standard InChI is InChI=1S/C17H23ClN4O/c1-3-22-11-15(10-19-22)20-17(13-4-6-14(18)7-5-13)16-12-21(2)8-9-23-16/h4-7,10-11,16-17,20H,3,8-9,12H2,1-2H3/t16-,17-/m1/s1. The Labute approximate surface area is 142 Å². The van der Waals surface area contributed by atoms with Crippen LogP contribution in [-0.4, -0.2) is 47.5 Å². The molecule has 0 spiro atoms. The fourth-order valence-electron chi connectivity index (χ4n) is 2.86. The molecule has 0 bridgehead atoms. The number of anilines is 1. The quantitative estimate of drug-likeness (QED) is 0.912. The van der Waals surface area contributed by atoms with E-state index in [1.165, 1.54) is 5.56 Å². The lowest BCUT2D eigenvalue weighted by molar-refractivity contribution is -0.0291. The van der Waals surface area contributed by atoms with E-state index in [0.717, 1.165) is 37.0 Å². The predicted molar refractivity (Wildman–Crippen MR) is 93.0 cm³/mol. The van der Waals surface area contributed by atoms with E-state index >= 15 is 0 Å². The summed E-state index contributed by atoms with van der Waals surface area (Å²) in [4.78, 5) is 2.30. The average molecular weight is 335 g/mol. The van der Waals surface area contributed by atoms with Gasteiger partial charge in [-0.25, -0.2) is 0 Å². The minimum Gasteiger partial charge on any atom is -0.373 e. The van der Waals surface area contributed by atoms with Crippen LogP contribution >= 0.6 is 11.6 Å². The van der Waals surface area contributed by atoms with Gasteiger partial charge >= 0.3 is 0 Å². The lowest BCUT2D eigenvalue weighted by Gasteiger charge is -2.36. The highest BCUT2D eigenvalue weighted by Gasteiger charge is 2.28. The van der Waals surface area contributed by atoms with Gasteiger partial charge in [-0.15, -0.1) is 0 Å². The van der Waals surface area contributed by atoms with Crippen molar-refractivity contribution >= 4 is 17.3 Å².